The van der Waals surface area contributed by atoms with E-state index >= 15 is 0 Å². The van der Waals surface area contributed by atoms with Gasteiger partial charge in [-0.1, -0.05) is 24.3 Å². The third-order valence-electron chi connectivity index (χ3n) is 3.96. The molecular weight excluding hydrogens is 324 g/mol. The van der Waals surface area contributed by atoms with E-state index in [1.54, 1.807) is 31.0 Å². The molecule has 0 saturated heterocycles. The van der Waals surface area contributed by atoms with Gasteiger partial charge in [0.2, 0.25) is 11.8 Å². The third kappa shape index (κ3) is 4.21. The second-order valence-electron chi connectivity index (χ2n) is 5.93. The van der Waals surface area contributed by atoms with E-state index in [2.05, 4.69) is 10.2 Å². The van der Waals surface area contributed by atoms with E-state index < -0.39 is 5.92 Å². The summed E-state index contributed by atoms with van der Waals surface area (Å²) in [5.74, 6) is -0.246. The topological polar surface area (TPSA) is 42.2 Å². The fraction of sp³-hybridized carbons (Fsp3) is 0.263. The molecule has 0 fully saturated rings. The molecule has 1 aromatic heterocycles. The maximum Gasteiger partial charge on any atom is 0.227 e. The van der Waals surface area contributed by atoms with Crippen LogP contribution in [0.1, 0.15) is 24.1 Å². The molecule has 1 heterocycles. The van der Waals surface area contributed by atoms with Crippen molar-refractivity contribution < 1.29 is 13.2 Å². The lowest BCUT2D eigenvalue weighted by atomic mass is 10.0. The molecule has 1 atom stereocenters. The summed E-state index contributed by atoms with van der Waals surface area (Å²) in [5.41, 5.74) is 1.23. The van der Waals surface area contributed by atoms with Gasteiger partial charge < -0.3 is 9.32 Å². The minimum atomic E-state index is -0.399. The number of hydrogen-bond donors (Lipinski definition) is 0. The quantitative estimate of drug-likeness (QED) is 0.768. The number of aromatic nitrogens is 2. The van der Waals surface area contributed by atoms with Gasteiger partial charge in [0.15, 0.2) is 0 Å². The van der Waals surface area contributed by atoms with E-state index in [1.165, 1.54) is 18.2 Å². The van der Waals surface area contributed by atoms with Crippen molar-refractivity contribution in [3.8, 4) is 0 Å². The smallest absolute Gasteiger partial charge is 0.227 e. The van der Waals surface area contributed by atoms with E-state index in [0.29, 0.717) is 36.0 Å². The Labute approximate surface area is 145 Å². The van der Waals surface area contributed by atoms with Crippen LogP contribution in [0.2, 0.25) is 0 Å². The fourth-order valence-corrected chi connectivity index (χ4v) is 2.65. The Balaban J connectivity index is 1.80. The molecule has 0 bridgehead atoms. The van der Waals surface area contributed by atoms with E-state index in [4.69, 9.17) is 4.42 Å². The van der Waals surface area contributed by atoms with Gasteiger partial charge in [0.1, 0.15) is 11.6 Å². The summed E-state index contributed by atoms with van der Waals surface area (Å²) in [4.78, 5) is 1.81. The molecule has 0 amide bonds. The molecule has 0 radical (unpaired) electrons. The second-order valence-corrected chi connectivity index (χ2v) is 5.93. The number of hydrogen-bond acceptors (Lipinski definition) is 4. The summed E-state index contributed by atoms with van der Waals surface area (Å²) in [5, 5.41) is 7.76. The normalized spacial score (nSPS) is 19.6. The molecule has 1 aromatic carbocycles. The molecule has 6 heteroatoms. The van der Waals surface area contributed by atoms with E-state index in [0.717, 1.165) is 0 Å². The highest BCUT2D eigenvalue weighted by Crippen LogP contribution is 2.27. The zero-order valence-corrected chi connectivity index (χ0v) is 14.1. The Hall–Kier alpha value is -2.76. The molecule has 0 saturated carbocycles. The van der Waals surface area contributed by atoms with Crippen molar-refractivity contribution in [3.63, 3.8) is 0 Å². The van der Waals surface area contributed by atoms with Crippen LogP contribution in [0.15, 0.2) is 64.4 Å². The van der Waals surface area contributed by atoms with Crippen molar-refractivity contribution in [2.24, 2.45) is 0 Å². The van der Waals surface area contributed by atoms with Gasteiger partial charge in [0.05, 0.1) is 5.92 Å². The summed E-state index contributed by atoms with van der Waals surface area (Å²) in [6, 6.07) is 6.23. The number of rotatable bonds is 4. The zero-order chi connectivity index (χ0) is 17.8. The van der Waals surface area contributed by atoms with Gasteiger partial charge in [-0.05, 0) is 30.7 Å². The van der Waals surface area contributed by atoms with E-state index in [1.807, 2.05) is 18.2 Å². The van der Waals surface area contributed by atoms with Crippen molar-refractivity contribution in [2.45, 2.75) is 19.3 Å². The highest BCUT2D eigenvalue weighted by Gasteiger charge is 2.18. The van der Waals surface area contributed by atoms with Gasteiger partial charge >= 0.3 is 0 Å². The van der Waals surface area contributed by atoms with Crippen LogP contribution in [0.25, 0.3) is 0 Å². The highest BCUT2D eigenvalue weighted by molar-refractivity contribution is 5.48. The van der Waals surface area contributed by atoms with Crippen LogP contribution in [0.4, 0.5) is 14.5 Å². The van der Waals surface area contributed by atoms with Crippen molar-refractivity contribution in [2.75, 3.05) is 18.5 Å². The highest BCUT2D eigenvalue weighted by atomic mass is 19.1. The third-order valence-corrected chi connectivity index (χ3v) is 3.96. The monoisotopic (exact) mass is 343 g/mol. The maximum atomic E-state index is 14.8. The van der Waals surface area contributed by atoms with Gasteiger partial charge in [-0.15, -0.1) is 10.2 Å². The van der Waals surface area contributed by atoms with Gasteiger partial charge in [-0.2, -0.15) is 0 Å². The Morgan fingerprint density at radius 2 is 2.12 bits per heavy atom. The van der Waals surface area contributed by atoms with Crippen LogP contribution in [-0.4, -0.2) is 23.8 Å². The Bertz CT molecular complexity index is 839. The summed E-state index contributed by atoms with van der Waals surface area (Å²) < 4.78 is 33.5. The van der Waals surface area contributed by atoms with Gasteiger partial charge in [-0.3, -0.25) is 0 Å². The summed E-state index contributed by atoms with van der Waals surface area (Å²) in [6.07, 6.45) is 7.67. The molecule has 0 N–H and O–H groups in total. The first kappa shape index (κ1) is 17.1. The molecule has 0 aliphatic heterocycles. The Morgan fingerprint density at radius 1 is 1.28 bits per heavy atom. The summed E-state index contributed by atoms with van der Waals surface area (Å²) in [7, 11) is 1.80. The number of benzene rings is 1. The summed E-state index contributed by atoms with van der Waals surface area (Å²) >= 11 is 0. The number of anilines is 1. The average Bonchev–Trinajstić information content (AvgIpc) is 3.00. The first-order valence-electron chi connectivity index (χ1n) is 8.03. The molecule has 2 aromatic rings. The number of likely N-dealkylation sites (N-methyl/N-ethyl adjacent to an activating group) is 1. The SMILES string of the molecule is Cc1nnc(C2C=CC/C=C(/CN(C)c3cccc(F)c3)C(F)=C2)o1. The van der Waals surface area contributed by atoms with Crippen LogP contribution >= 0.6 is 0 Å². The minimum absolute atomic E-state index is 0.318. The molecule has 0 spiro atoms. The van der Waals surface area contributed by atoms with Crippen LogP contribution in [0.5, 0.6) is 0 Å². The number of halogens is 2. The molecule has 1 aliphatic rings. The van der Waals surface area contributed by atoms with Gasteiger partial charge in [0, 0.05) is 31.8 Å². The predicted octanol–water partition coefficient (Wildman–Crippen LogP) is 4.48. The molecular formula is C19H19F2N3O. The lowest BCUT2D eigenvalue weighted by Gasteiger charge is -2.21. The molecule has 1 unspecified atom stereocenters. The van der Waals surface area contributed by atoms with Crippen LogP contribution in [0, 0.1) is 12.7 Å². The largest absolute Gasteiger partial charge is 0.425 e. The lowest BCUT2D eigenvalue weighted by Crippen LogP contribution is -2.21. The first-order valence-corrected chi connectivity index (χ1v) is 8.03. The number of aryl methyl sites for hydroxylation is 1. The maximum absolute atomic E-state index is 14.8. The van der Waals surface area contributed by atoms with Crippen molar-refractivity contribution in [1.82, 2.24) is 10.2 Å². The van der Waals surface area contributed by atoms with Gasteiger partial charge in [-0.25, -0.2) is 8.78 Å². The Kier molecular flexibility index (Phi) is 5.07. The zero-order valence-electron chi connectivity index (χ0n) is 14.1. The summed E-state index contributed by atoms with van der Waals surface area (Å²) in [6.45, 7) is 2.03. The molecule has 3 rings (SSSR count). The second kappa shape index (κ2) is 7.42. The van der Waals surface area contributed by atoms with Gasteiger partial charge in [0.25, 0.3) is 0 Å². The van der Waals surface area contributed by atoms with Crippen molar-refractivity contribution >= 4 is 5.69 Å². The number of nitrogens with zero attached hydrogens (tertiary/aromatic N) is 3. The molecule has 130 valence electrons. The van der Waals surface area contributed by atoms with Crippen molar-refractivity contribution in [1.29, 1.82) is 0 Å². The standard InChI is InChI=1S/C19H19F2N3O/c1-13-22-23-19(25-13)14-6-3-4-7-15(18(21)10-14)12-24(2)17-9-5-8-16(20)11-17/h3,5-11,14H,4,12H2,1-2H3/b6-3?,15-7-,18-10?. The predicted molar refractivity (Wildman–Crippen MR) is 92.5 cm³/mol. The lowest BCUT2D eigenvalue weighted by molar-refractivity contribution is 0.464. The average molecular weight is 343 g/mol. The first-order chi connectivity index (χ1) is 12.0. The molecule has 4 nitrogen and oxygen atoms in total. The van der Waals surface area contributed by atoms with Crippen molar-refractivity contribution in [3.05, 3.63) is 77.6 Å². The molecule has 1 aliphatic carbocycles. The van der Waals surface area contributed by atoms with E-state index in [9.17, 15) is 8.78 Å². The van der Waals surface area contributed by atoms with Crippen LogP contribution in [-0.2, 0) is 0 Å². The number of allylic oxidation sites excluding steroid dienone is 4. The van der Waals surface area contributed by atoms with E-state index in [-0.39, 0.29) is 11.6 Å². The van der Waals surface area contributed by atoms with Crippen LogP contribution in [0.3, 0.4) is 0 Å². The fourth-order valence-electron chi connectivity index (χ4n) is 2.65. The minimum Gasteiger partial charge on any atom is -0.425 e. The molecule has 25 heavy (non-hydrogen) atoms. The van der Waals surface area contributed by atoms with Crippen LogP contribution < -0.4 is 4.90 Å². The Morgan fingerprint density at radius 3 is 2.84 bits per heavy atom.